The minimum Gasteiger partial charge on any atom is -0.491 e. The van der Waals surface area contributed by atoms with E-state index in [1.807, 2.05) is 31.2 Å². The highest BCUT2D eigenvalue weighted by Gasteiger charge is 2.24. The van der Waals surface area contributed by atoms with E-state index in [1.54, 1.807) is 11.6 Å². The molecule has 166 valence electrons. The lowest BCUT2D eigenvalue weighted by atomic mass is 10.2. The number of aliphatic hydroxyl groups excluding tert-OH is 1. The van der Waals surface area contributed by atoms with Crippen molar-refractivity contribution >= 4 is 17.1 Å². The molecule has 31 heavy (non-hydrogen) atoms. The van der Waals surface area contributed by atoms with E-state index in [0.717, 1.165) is 44.3 Å². The van der Waals surface area contributed by atoms with Crippen LogP contribution in [0, 0.1) is 6.92 Å². The second-order valence-electron chi connectivity index (χ2n) is 8.14. The smallest absolute Gasteiger partial charge is 0.329 e. The molecule has 1 aliphatic rings. The van der Waals surface area contributed by atoms with Gasteiger partial charge in [0.15, 0.2) is 11.2 Å². The van der Waals surface area contributed by atoms with Crippen molar-refractivity contribution in [2.75, 3.05) is 24.6 Å². The molecule has 2 aromatic heterocycles. The second-order valence-corrected chi connectivity index (χ2v) is 8.14. The molecule has 1 aromatic carbocycles. The number of nitrogens with one attached hydrogen (secondary N) is 1. The van der Waals surface area contributed by atoms with E-state index in [2.05, 4.69) is 14.9 Å². The molecule has 0 aliphatic carbocycles. The Morgan fingerprint density at radius 2 is 1.87 bits per heavy atom. The van der Waals surface area contributed by atoms with E-state index in [1.165, 1.54) is 4.57 Å². The Morgan fingerprint density at radius 3 is 2.58 bits per heavy atom. The van der Waals surface area contributed by atoms with Crippen molar-refractivity contribution < 1.29 is 9.84 Å². The van der Waals surface area contributed by atoms with Gasteiger partial charge in [-0.3, -0.25) is 14.3 Å². The number of ether oxygens (including phenoxy) is 1. The number of anilines is 1. The third-order valence-electron chi connectivity index (χ3n) is 5.79. The Bertz CT molecular complexity index is 1170. The first-order valence-electron chi connectivity index (χ1n) is 10.8. The topological polar surface area (TPSA) is 105 Å². The van der Waals surface area contributed by atoms with E-state index in [9.17, 15) is 14.7 Å². The number of para-hydroxylation sites is 1. The summed E-state index contributed by atoms with van der Waals surface area (Å²) in [5, 5.41) is 10.8. The van der Waals surface area contributed by atoms with E-state index in [4.69, 9.17) is 4.74 Å². The van der Waals surface area contributed by atoms with Crippen molar-refractivity contribution in [1.29, 1.82) is 0 Å². The van der Waals surface area contributed by atoms with E-state index in [0.29, 0.717) is 17.3 Å². The van der Waals surface area contributed by atoms with Crippen molar-refractivity contribution in [3.05, 3.63) is 50.7 Å². The van der Waals surface area contributed by atoms with Gasteiger partial charge in [-0.25, -0.2) is 4.79 Å². The quantitative estimate of drug-likeness (QED) is 0.618. The summed E-state index contributed by atoms with van der Waals surface area (Å²) in [6, 6.07) is 7.62. The normalized spacial score (nSPS) is 15.8. The lowest BCUT2D eigenvalue weighted by molar-refractivity contribution is 0.0933. The number of aryl methyl sites for hydroxylation is 2. The van der Waals surface area contributed by atoms with Crippen LogP contribution in [0.2, 0.25) is 0 Å². The van der Waals surface area contributed by atoms with Crippen molar-refractivity contribution in [3.63, 3.8) is 0 Å². The van der Waals surface area contributed by atoms with Gasteiger partial charge in [0.05, 0.1) is 6.54 Å². The van der Waals surface area contributed by atoms with Crippen molar-refractivity contribution in [2.24, 2.45) is 7.05 Å². The maximum absolute atomic E-state index is 12.7. The van der Waals surface area contributed by atoms with E-state index in [-0.39, 0.29) is 18.7 Å². The zero-order valence-corrected chi connectivity index (χ0v) is 18.0. The molecule has 3 aromatic rings. The lowest BCUT2D eigenvalue weighted by Gasteiger charge is -2.23. The van der Waals surface area contributed by atoms with Gasteiger partial charge < -0.3 is 19.3 Å². The number of imidazole rings is 1. The SMILES string of the molecule is Cc1ccccc1OCC(O)Cn1c(N2CCCCCC2)nc2c1c(=O)[nH]c(=O)n2C. The summed E-state index contributed by atoms with van der Waals surface area (Å²) in [6.45, 7) is 3.81. The predicted molar refractivity (Wildman–Crippen MR) is 119 cm³/mol. The zero-order valence-electron chi connectivity index (χ0n) is 18.0. The number of aromatic amines is 1. The van der Waals surface area contributed by atoms with Gasteiger partial charge in [0.2, 0.25) is 5.95 Å². The summed E-state index contributed by atoms with van der Waals surface area (Å²) < 4.78 is 8.86. The van der Waals surface area contributed by atoms with Gasteiger partial charge in [-0.1, -0.05) is 31.0 Å². The third-order valence-corrected chi connectivity index (χ3v) is 5.79. The summed E-state index contributed by atoms with van der Waals surface area (Å²) in [5.41, 5.74) is 0.586. The van der Waals surface area contributed by atoms with Crippen LogP contribution in [0.4, 0.5) is 5.95 Å². The molecule has 0 saturated carbocycles. The molecule has 4 rings (SSSR count). The van der Waals surface area contributed by atoms with Crippen molar-refractivity contribution in [2.45, 2.75) is 45.3 Å². The van der Waals surface area contributed by atoms with Gasteiger partial charge >= 0.3 is 5.69 Å². The standard InChI is InChI=1S/C22H29N5O4/c1-15-9-5-6-10-17(15)31-14-16(28)13-27-18-19(25(2)22(30)24-20(18)29)23-21(27)26-11-7-3-4-8-12-26/h5-6,9-10,16,28H,3-4,7-8,11-14H2,1-2H3,(H,24,29,30). The van der Waals surface area contributed by atoms with Crippen LogP contribution in [0.5, 0.6) is 5.75 Å². The molecule has 1 atom stereocenters. The first-order valence-corrected chi connectivity index (χ1v) is 10.8. The molecule has 0 spiro atoms. The molecule has 0 amide bonds. The van der Waals surface area contributed by atoms with Crippen LogP contribution >= 0.6 is 0 Å². The highest BCUT2D eigenvalue weighted by Crippen LogP contribution is 2.23. The number of aromatic nitrogens is 4. The van der Waals surface area contributed by atoms with Crippen LogP contribution in [0.1, 0.15) is 31.2 Å². The maximum Gasteiger partial charge on any atom is 0.329 e. The first-order chi connectivity index (χ1) is 15.0. The highest BCUT2D eigenvalue weighted by molar-refractivity contribution is 5.74. The summed E-state index contributed by atoms with van der Waals surface area (Å²) >= 11 is 0. The number of aliphatic hydroxyl groups is 1. The molecule has 9 heteroatoms. The molecular weight excluding hydrogens is 398 g/mol. The molecule has 1 fully saturated rings. The Morgan fingerprint density at radius 1 is 1.16 bits per heavy atom. The van der Waals surface area contributed by atoms with Crippen LogP contribution in [-0.2, 0) is 13.6 Å². The Kier molecular flexibility index (Phi) is 6.13. The number of fused-ring (bicyclic) bond motifs is 1. The van der Waals surface area contributed by atoms with Gasteiger partial charge in [0.1, 0.15) is 18.5 Å². The Balaban J connectivity index is 1.68. The van der Waals surface area contributed by atoms with Crippen molar-refractivity contribution in [1.82, 2.24) is 19.1 Å². The Hall–Kier alpha value is -3.07. The van der Waals surface area contributed by atoms with Gasteiger partial charge in [-0.05, 0) is 31.4 Å². The average Bonchev–Trinajstić information content (AvgIpc) is 2.92. The molecule has 9 nitrogen and oxygen atoms in total. The summed E-state index contributed by atoms with van der Waals surface area (Å²) in [7, 11) is 1.59. The zero-order chi connectivity index (χ0) is 22.0. The lowest BCUT2D eigenvalue weighted by Crippen LogP contribution is -2.32. The predicted octanol–water partition coefficient (Wildman–Crippen LogP) is 1.55. The van der Waals surface area contributed by atoms with Crippen LogP contribution in [0.15, 0.2) is 33.9 Å². The fourth-order valence-electron chi connectivity index (χ4n) is 4.08. The largest absolute Gasteiger partial charge is 0.491 e. The molecule has 1 aliphatic heterocycles. The molecule has 1 unspecified atom stereocenters. The maximum atomic E-state index is 12.7. The number of hydrogen-bond donors (Lipinski definition) is 2. The fourth-order valence-corrected chi connectivity index (χ4v) is 4.08. The number of H-pyrrole nitrogens is 1. The molecule has 1 saturated heterocycles. The van der Waals surface area contributed by atoms with Gasteiger partial charge in [0.25, 0.3) is 5.56 Å². The van der Waals surface area contributed by atoms with Gasteiger partial charge in [-0.15, -0.1) is 0 Å². The summed E-state index contributed by atoms with van der Waals surface area (Å²) in [4.78, 5) is 33.9. The number of rotatable bonds is 6. The van der Waals surface area contributed by atoms with Gasteiger partial charge in [0, 0.05) is 20.1 Å². The average molecular weight is 428 g/mol. The summed E-state index contributed by atoms with van der Waals surface area (Å²) in [5.74, 6) is 1.32. The second kappa shape index (κ2) is 8.97. The molecule has 3 heterocycles. The summed E-state index contributed by atoms with van der Waals surface area (Å²) in [6.07, 6.45) is 3.53. The number of nitrogens with zero attached hydrogens (tertiary/aromatic N) is 4. The van der Waals surface area contributed by atoms with Crippen LogP contribution < -0.4 is 20.9 Å². The molecular formula is C22H29N5O4. The monoisotopic (exact) mass is 427 g/mol. The third kappa shape index (κ3) is 4.36. The van der Waals surface area contributed by atoms with Crippen LogP contribution in [0.25, 0.3) is 11.2 Å². The van der Waals surface area contributed by atoms with E-state index >= 15 is 0 Å². The fraction of sp³-hybridized carbons (Fsp3) is 0.500. The molecule has 2 N–H and O–H groups in total. The minimum atomic E-state index is -0.862. The molecule has 0 radical (unpaired) electrons. The number of benzene rings is 1. The molecule has 0 bridgehead atoms. The van der Waals surface area contributed by atoms with Gasteiger partial charge in [-0.2, -0.15) is 4.98 Å². The highest BCUT2D eigenvalue weighted by atomic mass is 16.5. The Labute approximate surface area is 179 Å². The van der Waals surface area contributed by atoms with E-state index < -0.39 is 17.4 Å². The first kappa shape index (κ1) is 21.2. The minimum absolute atomic E-state index is 0.0770. The number of hydrogen-bond acceptors (Lipinski definition) is 6. The van der Waals surface area contributed by atoms with Crippen LogP contribution in [-0.4, -0.2) is 50.0 Å². The van der Waals surface area contributed by atoms with Crippen molar-refractivity contribution in [3.8, 4) is 5.75 Å². The van der Waals surface area contributed by atoms with Crippen LogP contribution in [0.3, 0.4) is 0 Å².